The van der Waals surface area contributed by atoms with Gasteiger partial charge in [-0.3, -0.25) is 14.3 Å². The molecule has 6 nitrogen and oxygen atoms in total. The molecule has 0 spiro atoms. The van der Waals surface area contributed by atoms with Gasteiger partial charge in [-0.1, -0.05) is 25.0 Å². The third-order valence-electron chi connectivity index (χ3n) is 6.50. The molecule has 1 atom stereocenters. The lowest BCUT2D eigenvalue weighted by Crippen LogP contribution is -2.34. The second-order valence-electron chi connectivity index (χ2n) is 8.39. The average Bonchev–Trinajstić information content (AvgIpc) is 3.48. The number of rotatable bonds is 5. The molecular formula is C23H28N4O2. The maximum Gasteiger partial charge on any atom is 0.261 e. The van der Waals surface area contributed by atoms with Gasteiger partial charge in [0, 0.05) is 25.9 Å². The molecule has 1 unspecified atom stereocenters. The first-order valence-electron chi connectivity index (χ1n) is 10.9. The fraction of sp³-hybridized carbons (Fsp3) is 0.522. The molecule has 2 aliphatic rings. The van der Waals surface area contributed by atoms with E-state index in [9.17, 15) is 4.79 Å². The van der Waals surface area contributed by atoms with Gasteiger partial charge in [-0.05, 0) is 44.4 Å². The van der Waals surface area contributed by atoms with Gasteiger partial charge < -0.3 is 4.42 Å². The number of hydrogen-bond donors (Lipinski definition) is 0. The minimum Gasteiger partial charge on any atom is -0.446 e. The first-order chi connectivity index (χ1) is 14.2. The Morgan fingerprint density at radius 3 is 2.76 bits per heavy atom. The number of benzene rings is 1. The molecule has 0 amide bonds. The average molecular weight is 393 g/mol. The predicted octanol–water partition coefficient (Wildman–Crippen LogP) is 4.19. The maximum absolute atomic E-state index is 13.5. The molecule has 2 aromatic heterocycles. The third kappa shape index (κ3) is 3.50. The predicted molar refractivity (Wildman–Crippen MR) is 112 cm³/mol. The Balaban J connectivity index is 1.52. The molecular weight excluding hydrogens is 364 g/mol. The highest BCUT2D eigenvalue weighted by Crippen LogP contribution is 2.36. The SMILES string of the molecule is Cc1ncc(CCN2CCCC2c2nc3ccccc3c(=O)n2C2CCCC2)o1. The van der Waals surface area contributed by atoms with Gasteiger partial charge in [-0.15, -0.1) is 0 Å². The molecule has 0 radical (unpaired) electrons. The lowest BCUT2D eigenvalue weighted by atomic mass is 10.1. The molecule has 5 rings (SSSR count). The van der Waals surface area contributed by atoms with Crippen molar-refractivity contribution in [1.82, 2.24) is 19.4 Å². The first-order valence-corrected chi connectivity index (χ1v) is 10.9. The van der Waals surface area contributed by atoms with Gasteiger partial charge in [-0.2, -0.15) is 0 Å². The Hall–Kier alpha value is -2.47. The zero-order valence-electron chi connectivity index (χ0n) is 17.0. The van der Waals surface area contributed by atoms with E-state index >= 15 is 0 Å². The summed E-state index contributed by atoms with van der Waals surface area (Å²) in [5, 5.41) is 0.741. The van der Waals surface area contributed by atoms with Crippen LogP contribution < -0.4 is 5.56 Å². The molecule has 0 N–H and O–H groups in total. The standard InChI is InChI=1S/C23H28N4O2/c1-16-24-15-18(29-16)12-14-26-13-6-11-21(26)22-25-20-10-5-4-9-19(20)23(28)27(22)17-7-2-3-8-17/h4-5,9-10,15,17,21H,2-3,6-8,11-14H2,1H3. The summed E-state index contributed by atoms with van der Waals surface area (Å²) in [6.45, 7) is 3.80. The minimum absolute atomic E-state index is 0.134. The highest BCUT2D eigenvalue weighted by molar-refractivity contribution is 5.77. The van der Waals surface area contributed by atoms with Crippen LogP contribution in [0.1, 0.15) is 68.1 Å². The van der Waals surface area contributed by atoms with E-state index in [2.05, 4.69) is 14.5 Å². The van der Waals surface area contributed by atoms with Gasteiger partial charge in [0.15, 0.2) is 5.89 Å². The number of oxazole rings is 1. The largest absolute Gasteiger partial charge is 0.446 e. The van der Waals surface area contributed by atoms with E-state index in [0.29, 0.717) is 5.89 Å². The number of fused-ring (bicyclic) bond motifs is 1. The maximum atomic E-state index is 13.5. The molecule has 1 saturated heterocycles. The topological polar surface area (TPSA) is 64.2 Å². The van der Waals surface area contributed by atoms with Crippen LogP contribution in [0.15, 0.2) is 39.7 Å². The van der Waals surface area contributed by atoms with E-state index < -0.39 is 0 Å². The van der Waals surface area contributed by atoms with Crippen molar-refractivity contribution in [3.63, 3.8) is 0 Å². The summed E-state index contributed by atoms with van der Waals surface area (Å²) in [4.78, 5) is 25.2. The zero-order valence-corrected chi connectivity index (χ0v) is 17.0. The van der Waals surface area contributed by atoms with E-state index in [-0.39, 0.29) is 17.6 Å². The molecule has 29 heavy (non-hydrogen) atoms. The normalized spacial score (nSPS) is 20.8. The van der Waals surface area contributed by atoms with Crippen molar-refractivity contribution in [2.24, 2.45) is 0 Å². The molecule has 2 fully saturated rings. The summed E-state index contributed by atoms with van der Waals surface area (Å²) in [7, 11) is 0. The summed E-state index contributed by atoms with van der Waals surface area (Å²) >= 11 is 0. The summed E-state index contributed by atoms with van der Waals surface area (Å²) < 4.78 is 7.71. The van der Waals surface area contributed by atoms with E-state index in [0.717, 1.165) is 67.7 Å². The summed E-state index contributed by atoms with van der Waals surface area (Å²) in [5.74, 6) is 2.60. The quantitative estimate of drug-likeness (QED) is 0.651. The van der Waals surface area contributed by atoms with Crippen LogP contribution in [0.25, 0.3) is 10.9 Å². The monoisotopic (exact) mass is 392 g/mol. The van der Waals surface area contributed by atoms with Crippen molar-refractivity contribution in [2.45, 2.75) is 64.0 Å². The van der Waals surface area contributed by atoms with Crippen LogP contribution in [0.2, 0.25) is 0 Å². The van der Waals surface area contributed by atoms with Crippen LogP contribution in [0.5, 0.6) is 0 Å². The highest BCUT2D eigenvalue weighted by Gasteiger charge is 2.32. The van der Waals surface area contributed by atoms with Crippen LogP contribution in [0.3, 0.4) is 0 Å². The molecule has 1 aliphatic carbocycles. The second-order valence-corrected chi connectivity index (χ2v) is 8.39. The van der Waals surface area contributed by atoms with Crippen LogP contribution in [0, 0.1) is 6.92 Å². The zero-order chi connectivity index (χ0) is 19.8. The van der Waals surface area contributed by atoms with Gasteiger partial charge in [0.25, 0.3) is 5.56 Å². The number of aryl methyl sites for hydroxylation is 1. The number of likely N-dealkylation sites (tertiary alicyclic amines) is 1. The first kappa shape index (κ1) is 18.6. The smallest absolute Gasteiger partial charge is 0.261 e. The van der Waals surface area contributed by atoms with Crippen LogP contribution in [-0.4, -0.2) is 32.5 Å². The van der Waals surface area contributed by atoms with Crippen molar-refractivity contribution < 1.29 is 4.42 Å². The Labute approximate surface area is 170 Å². The van der Waals surface area contributed by atoms with E-state index in [1.807, 2.05) is 37.4 Å². The highest BCUT2D eigenvalue weighted by atomic mass is 16.4. The molecule has 1 aliphatic heterocycles. The van der Waals surface area contributed by atoms with Gasteiger partial charge in [0.2, 0.25) is 0 Å². The van der Waals surface area contributed by atoms with Crippen molar-refractivity contribution >= 4 is 10.9 Å². The fourth-order valence-corrected chi connectivity index (χ4v) is 5.07. The summed E-state index contributed by atoms with van der Waals surface area (Å²) in [6.07, 6.45) is 9.39. The van der Waals surface area contributed by atoms with E-state index in [4.69, 9.17) is 9.40 Å². The molecule has 1 aromatic carbocycles. The van der Waals surface area contributed by atoms with Crippen molar-refractivity contribution in [1.29, 1.82) is 0 Å². The van der Waals surface area contributed by atoms with E-state index in [1.165, 1.54) is 12.8 Å². The van der Waals surface area contributed by atoms with Gasteiger partial charge in [0.1, 0.15) is 11.6 Å². The summed E-state index contributed by atoms with van der Waals surface area (Å²) in [6, 6.07) is 8.27. The number of hydrogen-bond acceptors (Lipinski definition) is 5. The Morgan fingerprint density at radius 2 is 1.97 bits per heavy atom. The second kappa shape index (κ2) is 7.75. The molecule has 152 valence electrons. The summed E-state index contributed by atoms with van der Waals surface area (Å²) in [5.41, 5.74) is 0.953. The van der Waals surface area contributed by atoms with Crippen molar-refractivity contribution in [2.75, 3.05) is 13.1 Å². The van der Waals surface area contributed by atoms with Crippen molar-refractivity contribution in [3.05, 3.63) is 58.3 Å². The van der Waals surface area contributed by atoms with Gasteiger partial charge >= 0.3 is 0 Å². The Morgan fingerprint density at radius 1 is 1.14 bits per heavy atom. The van der Waals surface area contributed by atoms with Crippen LogP contribution in [-0.2, 0) is 6.42 Å². The lowest BCUT2D eigenvalue weighted by Gasteiger charge is -2.28. The van der Waals surface area contributed by atoms with Crippen LogP contribution in [0.4, 0.5) is 0 Å². The van der Waals surface area contributed by atoms with E-state index in [1.54, 1.807) is 0 Å². The molecule has 6 heteroatoms. The Bertz CT molecular complexity index is 1060. The number of para-hydroxylation sites is 1. The molecule has 1 saturated carbocycles. The molecule has 0 bridgehead atoms. The number of nitrogens with zero attached hydrogens (tertiary/aromatic N) is 4. The van der Waals surface area contributed by atoms with Crippen LogP contribution >= 0.6 is 0 Å². The molecule has 3 heterocycles. The van der Waals surface area contributed by atoms with Gasteiger partial charge in [0.05, 0.1) is 23.1 Å². The number of aromatic nitrogens is 3. The Kier molecular flexibility index (Phi) is 4.96. The molecule has 3 aromatic rings. The fourth-order valence-electron chi connectivity index (χ4n) is 5.07. The van der Waals surface area contributed by atoms with Gasteiger partial charge in [-0.25, -0.2) is 9.97 Å². The third-order valence-corrected chi connectivity index (χ3v) is 6.50. The van der Waals surface area contributed by atoms with Crippen molar-refractivity contribution in [3.8, 4) is 0 Å². The lowest BCUT2D eigenvalue weighted by molar-refractivity contribution is 0.234. The minimum atomic E-state index is 0.134.